The summed E-state index contributed by atoms with van der Waals surface area (Å²) in [6.45, 7) is 1.09. The number of hydrogen-bond donors (Lipinski definition) is 1. The summed E-state index contributed by atoms with van der Waals surface area (Å²) in [5.41, 5.74) is 1.13. The number of aryl methyl sites for hydroxylation is 1. The minimum absolute atomic E-state index is 0.0142. The predicted octanol–water partition coefficient (Wildman–Crippen LogP) is 3.20. The maximum Gasteiger partial charge on any atom is 0.263 e. The van der Waals surface area contributed by atoms with Gasteiger partial charge < -0.3 is 14.8 Å². The number of ketones is 1. The minimum atomic E-state index is -0.253. The van der Waals surface area contributed by atoms with Crippen molar-refractivity contribution < 1.29 is 14.4 Å². The molecule has 1 aliphatic rings. The van der Waals surface area contributed by atoms with Crippen LogP contribution in [0.3, 0.4) is 0 Å². The van der Waals surface area contributed by atoms with Gasteiger partial charge in [-0.1, -0.05) is 6.07 Å². The standard InChI is InChI=1S/C22H22N4O3S/c1-25-12-10-23-20(25)19(27)15-6-8-17(9-7-15)24-21(28)16-4-2-11-26(14-16)22(29)18-5-3-13-30-18/h3,5-10,12-13,16H,2,4,11,14H2,1H3,(H,24,28). The number of hydrogen-bond acceptors (Lipinski definition) is 5. The molecular formula is C22H22N4O3S. The Morgan fingerprint density at radius 1 is 1.17 bits per heavy atom. The number of carbonyl (C=O) groups excluding carboxylic acids is 3. The normalized spacial score (nSPS) is 16.3. The Morgan fingerprint density at radius 3 is 2.63 bits per heavy atom. The summed E-state index contributed by atoms with van der Waals surface area (Å²) < 4.78 is 1.67. The number of likely N-dealkylation sites (tertiary alicyclic amines) is 1. The van der Waals surface area contributed by atoms with Gasteiger partial charge in [0.25, 0.3) is 5.91 Å². The molecule has 2 amide bonds. The molecule has 30 heavy (non-hydrogen) atoms. The van der Waals surface area contributed by atoms with E-state index in [1.54, 1.807) is 53.2 Å². The number of nitrogens with zero attached hydrogens (tertiary/aromatic N) is 3. The summed E-state index contributed by atoms with van der Waals surface area (Å²) in [5, 5.41) is 4.79. The van der Waals surface area contributed by atoms with Crippen LogP contribution in [-0.4, -0.2) is 45.1 Å². The van der Waals surface area contributed by atoms with E-state index in [2.05, 4.69) is 10.3 Å². The molecule has 1 atom stereocenters. The van der Waals surface area contributed by atoms with Crippen LogP contribution in [0.2, 0.25) is 0 Å². The molecule has 1 saturated heterocycles. The highest BCUT2D eigenvalue weighted by Gasteiger charge is 2.29. The molecule has 0 aliphatic carbocycles. The Labute approximate surface area is 178 Å². The van der Waals surface area contributed by atoms with Crippen LogP contribution in [0.5, 0.6) is 0 Å². The first-order valence-corrected chi connectivity index (χ1v) is 10.7. The van der Waals surface area contributed by atoms with Gasteiger partial charge in [-0.2, -0.15) is 0 Å². The van der Waals surface area contributed by atoms with E-state index >= 15 is 0 Å². The molecule has 0 bridgehead atoms. The second kappa shape index (κ2) is 8.62. The molecule has 2 aromatic heterocycles. The van der Waals surface area contributed by atoms with Crippen molar-refractivity contribution in [3.63, 3.8) is 0 Å². The van der Waals surface area contributed by atoms with Crippen molar-refractivity contribution in [3.8, 4) is 0 Å². The molecule has 1 aromatic carbocycles. The lowest BCUT2D eigenvalue weighted by molar-refractivity contribution is -0.121. The largest absolute Gasteiger partial charge is 0.337 e. The molecule has 0 spiro atoms. The summed E-state index contributed by atoms with van der Waals surface area (Å²) in [5.74, 6) is -0.182. The van der Waals surface area contributed by atoms with Gasteiger partial charge in [0.15, 0.2) is 5.82 Å². The van der Waals surface area contributed by atoms with Crippen LogP contribution in [0.4, 0.5) is 5.69 Å². The number of nitrogens with one attached hydrogen (secondary N) is 1. The van der Waals surface area contributed by atoms with E-state index in [0.717, 1.165) is 12.8 Å². The van der Waals surface area contributed by atoms with Gasteiger partial charge in [-0.25, -0.2) is 4.98 Å². The highest BCUT2D eigenvalue weighted by molar-refractivity contribution is 7.12. The lowest BCUT2D eigenvalue weighted by atomic mass is 9.96. The second-order valence-electron chi connectivity index (χ2n) is 7.33. The highest BCUT2D eigenvalue weighted by Crippen LogP contribution is 2.22. The fourth-order valence-electron chi connectivity index (χ4n) is 3.59. The van der Waals surface area contributed by atoms with Crippen LogP contribution in [0, 0.1) is 5.92 Å². The molecule has 1 fully saturated rings. The van der Waals surface area contributed by atoms with Gasteiger partial charge in [0.2, 0.25) is 11.7 Å². The van der Waals surface area contributed by atoms with E-state index in [-0.39, 0.29) is 23.5 Å². The van der Waals surface area contributed by atoms with E-state index in [1.165, 1.54) is 11.3 Å². The quantitative estimate of drug-likeness (QED) is 0.640. The predicted molar refractivity (Wildman–Crippen MR) is 115 cm³/mol. The topological polar surface area (TPSA) is 84.3 Å². The van der Waals surface area contributed by atoms with Crippen molar-refractivity contribution in [2.24, 2.45) is 13.0 Å². The van der Waals surface area contributed by atoms with E-state index in [0.29, 0.717) is 35.0 Å². The SMILES string of the molecule is Cn1ccnc1C(=O)c1ccc(NC(=O)C2CCCN(C(=O)c3cccs3)C2)cc1. The maximum absolute atomic E-state index is 12.7. The van der Waals surface area contributed by atoms with Crippen LogP contribution in [0.15, 0.2) is 54.2 Å². The first-order chi connectivity index (χ1) is 14.5. The summed E-state index contributed by atoms with van der Waals surface area (Å²) in [6.07, 6.45) is 4.85. The molecule has 3 aromatic rings. The second-order valence-corrected chi connectivity index (χ2v) is 8.27. The molecule has 8 heteroatoms. The van der Waals surface area contributed by atoms with Gasteiger partial charge >= 0.3 is 0 Å². The molecule has 7 nitrogen and oxygen atoms in total. The Hall–Kier alpha value is -3.26. The molecule has 4 rings (SSSR count). The van der Waals surface area contributed by atoms with E-state index in [1.807, 2.05) is 17.5 Å². The molecule has 1 aliphatic heterocycles. The zero-order valence-corrected chi connectivity index (χ0v) is 17.4. The fraction of sp³-hybridized carbons (Fsp3) is 0.273. The van der Waals surface area contributed by atoms with E-state index < -0.39 is 0 Å². The Kier molecular flexibility index (Phi) is 5.76. The van der Waals surface area contributed by atoms with Gasteiger partial charge in [0.1, 0.15) is 0 Å². The van der Waals surface area contributed by atoms with E-state index in [9.17, 15) is 14.4 Å². The van der Waals surface area contributed by atoms with Crippen LogP contribution in [-0.2, 0) is 11.8 Å². The van der Waals surface area contributed by atoms with Crippen molar-refractivity contribution in [3.05, 3.63) is 70.4 Å². The number of imidazole rings is 1. The molecule has 1 unspecified atom stereocenters. The number of anilines is 1. The number of carbonyl (C=O) groups is 3. The van der Waals surface area contributed by atoms with Crippen LogP contribution < -0.4 is 5.32 Å². The maximum atomic E-state index is 12.7. The molecule has 3 heterocycles. The first-order valence-electron chi connectivity index (χ1n) is 9.78. The van der Waals surface area contributed by atoms with Crippen LogP contribution in [0.25, 0.3) is 0 Å². The number of benzene rings is 1. The van der Waals surface area contributed by atoms with Crippen molar-refractivity contribution >= 4 is 34.6 Å². The summed E-state index contributed by atoms with van der Waals surface area (Å²) >= 11 is 1.42. The smallest absolute Gasteiger partial charge is 0.263 e. The Balaban J connectivity index is 1.38. The van der Waals surface area contributed by atoms with Crippen LogP contribution in [0.1, 0.15) is 38.7 Å². The molecule has 1 N–H and O–H groups in total. The number of amides is 2. The van der Waals surface area contributed by atoms with Crippen molar-refractivity contribution in [1.29, 1.82) is 0 Å². The van der Waals surface area contributed by atoms with Crippen molar-refractivity contribution in [2.45, 2.75) is 12.8 Å². The van der Waals surface area contributed by atoms with Gasteiger partial charge in [0.05, 0.1) is 10.8 Å². The minimum Gasteiger partial charge on any atom is -0.337 e. The lowest BCUT2D eigenvalue weighted by Crippen LogP contribution is -2.43. The first kappa shape index (κ1) is 20.0. The van der Waals surface area contributed by atoms with E-state index in [4.69, 9.17) is 0 Å². The van der Waals surface area contributed by atoms with Crippen molar-refractivity contribution in [2.75, 3.05) is 18.4 Å². The summed E-state index contributed by atoms with van der Waals surface area (Å²) in [7, 11) is 1.77. The molecule has 0 saturated carbocycles. The lowest BCUT2D eigenvalue weighted by Gasteiger charge is -2.31. The average molecular weight is 423 g/mol. The zero-order chi connectivity index (χ0) is 21.1. The van der Waals surface area contributed by atoms with Crippen LogP contribution >= 0.6 is 11.3 Å². The third-order valence-corrected chi connectivity index (χ3v) is 6.11. The van der Waals surface area contributed by atoms with Gasteiger partial charge in [0, 0.05) is 43.8 Å². The third-order valence-electron chi connectivity index (χ3n) is 5.25. The van der Waals surface area contributed by atoms with Crippen molar-refractivity contribution in [1.82, 2.24) is 14.5 Å². The summed E-state index contributed by atoms with van der Waals surface area (Å²) in [4.78, 5) is 44.4. The number of thiophene rings is 1. The highest BCUT2D eigenvalue weighted by atomic mass is 32.1. The molecular weight excluding hydrogens is 400 g/mol. The summed E-state index contributed by atoms with van der Waals surface area (Å²) in [6, 6.07) is 10.5. The molecule has 0 radical (unpaired) electrons. The number of aromatic nitrogens is 2. The Bertz CT molecular complexity index is 1060. The average Bonchev–Trinajstić information content (AvgIpc) is 3.45. The molecule has 154 valence electrons. The fourth-order valence-corrected chi connectivity index (χ4v) is 4.29. The number of rotatable bonds is 5. The van der Waals surface area contributed by atoms with Gasteiger partial charge in [-0.15, -0.1) is 11.3 Å². The van der Waals surface area contributed by atoms with Gasteiger partial charge in [-0.3, -0.25) is 14.4 Å². The monoisotopic (exact) mass is 422 g/mol. The van der Waals surface area contributed by atoms with Gasteiger partial charge in [-0.05, 0) is 48.6 Å². The Morgan fingerprint density at radius 2 is 1.97 bits per heavy atom. The number of piperidine rings is 1. The third kappa shape index (κ3) is 4.18. The zero-order valence-electron chi connectivity index (χ0n) is 16.6.